The Morgan fingerprint density at radius 1 is 1.02 bits per heavy atom. The van der Waals surface area contributed by atoms with Crippen LogP contribution in [0.15, 0.2) is 12.1 Å². The van der Waals surface area contributed by atoms with Crippen molar-refractivity contribution in [2.24, 2.45) is 11.3 Å². The molecule has 7 rings (SSSR count). The number of likely N-dealkylation sites (tertiary alicyclic amines) is 1. The Hall–Kier alpha value is -2.99. The van der Waals surface area contributed by atoms with Crippen molar-refractivity contribution in [3.8, 4) is 0 Å². The minimum Gasteiger partial charge on any atom is -0.447 e. The molecule has 2 aromatic heterocycles. The number of carbonyl (C=O) groups excluding carboxylic acids is 2. The second-order valence-corrected chi connectivity index (χ2v) is 12.8. The molecule has 5 aliphatic rings. The number of nitrogens with one attached hydrogen (secondary N) is 2. The van der Waals surface area contributed by atoms with Gasteiger partial charge in [-0.25, -0.2) is 36.7 Å². The molecule has 5 fully saturated rings. The monoisotopic (exact) mass is 583 g/mol. The predicted octanol–water partition coefficient (Wildman–Crippen LogP) is 6.15. The van der Waals surface area contributed by atoms with E-state index in [4.69, 9.17) is 4.74 Å². The number of hydrogen-bond donors (Lipinski definition) is 2. The summed E-state index contributed by atoms with van der Waals surface area (Å²) in [4.78, 5) is 39.5. The molecule has 1 aliphatic heterocycles. The predicted molar refractivity (Wildman–Crippen MR) is 137 cm³/mol. The third-order valence-electron chi connectivity index (χ3n) is 9.14. The standard InChI is InChI=1S/C28H34F5N5O3/c1-15(2)41-24(40)36-20(16-5-7-27(30,31)8-6-16)22-35-18-4-3-17(34-21(18)37-22)19-11-28(32,33)9-10-38(19)23(39)25-12-26(29,13-25)14-25/h3-4,15-16,19-20H,5-14H2,1-2H3,(H,36,40)(H,34,35,37)/t19-,20?,25?,26?/m1/s1. The quantitative estimate of drug-likeness (QED) is 0.398. The summed E-state index contributed by atoms with van der Waals surface area (Å²) in [5, 5.41) is 2.76. The Bertz CT molecular complexity index is 1330. The molecule has 8 nitrogen and oxygen atoms in total. The zero-order valence-electron chi connectivity index (χ0n) is 23.0. The van der Waals surface area contributed by atoms with E-state index in [1.54, 1.807) is 26.0 Å². The Kier molecular flexibility index (Phi) is 6.53. The molecular weight excluding hydrogens is 549 g/mol. The molecule has 2 atom stereocenters. The summed E-state index contributed by atoms with van der Waals surface area (Å²) in [6, 6.07) is 1.42. The molecule has 0 spiro atoms. The van der Waals surface area contributed by atoms with Crippen molar-refractivity contribution in [2.45, 2.75) is 107 Å². The molecule has 0 radical (unpaired) electrons. The number of aromatic nitrogens is 3. The van der Waals surface area contributed by atoms with E-state index in [9.17, 15) is 31.5 Å². The van der Waals surface area contributed by atoms with Crippen molar-refractivity contribution in [1.29, 1.82) is 0 Å². The number of nitrogens with zero attached hydrogens (tertiary/aromatic N) is 3. The van der Waals surface area contributed by atoms with Gasteiger partial charge >= 0.3 is 6.09 Å². The molecule has 2 N–H and O–H groups in total. The van der Waals surface area contributed by atoms with Gasteiger partial charge in [-0.05, 0) is 64.0 Å². The number of imidazole rings is 1. The average molecular weight is 584 g/mol. The van der Waals surface area contributed by atoms with Gasteiger partial charge in [0.25, 0.3) is 5.92 Å². The fourth-order valence-corrected chi connectivity index (χ4v) is 7.08. The minimum absolute atomic E-state index is 0.133. The zero-order chi connectivity index (χ0) is 29.4. The lowest BCUT2D eigenvalue weighted by atomic mass is 9.41. The lowest BCUT2D eigenvalue weighted by Crippen LogP contribution is -2.71. The third kappa shape index (κ3) is 5.24. The van der Waals surface area contributed by atoms with Crippen molar-refractivity contribution in [2.75, 3.05) is 6.54 Å². The molecule has 0 aromatic carbocycles. The first-order chi connectivity index (χ1) is 19.2. The number of piperidine rings is 1. The molecule has 2 bridgehead atoms. The maximum Gasteiger partial charge on any atom is 0.407 e. The van der Waals surface area contributed by atoms with Crippen LogP contribution in [-0.4, -0.2) is 62.0 Å². The molecule has 2 aromatic rings. The number of rotatable bonds is 6. The van der Waals surface area contributed by atoms with Crippen LogP contribution in [0.25, 0.3) is 11.2 Å². The van der Waals surface area contributed by atoms with E-state index >= 15 is 0 Å². The summed E-state index contributed by atoms with van der Waals surface area (Å²) >= 11 is 0. The molecule has 1 saturated heterocycles. The van der Waals surface area contributed by atoms with Gasteiger partial charge in [0, 0.05) is 32.2 Å². The van der Waals surface area contributed by atoms with E-state index in [0.29, 0.717) is 11.3 Å². The van der Waals surface area contributed by atoms with E-state index in [-0.39, 0.29) is 74.7 Å². The van der Waals surface area contributed by atoms with Crippen molar-refractivity contribution in [1.82, 2.24) is 25.2 Å². The van der Waals surface area contributed by atoms with Gasteiger partial charge in [0.1, 0.15) is 11.5 Å². The number of halogens is 5. The van der Waals surface area contributed by atoms with E-state index in [1.807, 2.05) is 0 Å². The van der Waals surface area contributed by atoms with Crippen LogP contribution in [0.2, 0.25) is 0 Å². The van der Waals surface area contributed by atoms with Crippen LogP contribution in [0.3, 0.4) is 0 Å². The van der Waals surface area contributed by atoms with Crippen molar-refractivity contribution in [3.05, 3.63) is 23.7 Å². The molecule has 1 unspecified atom stereocenters. The first-order valence-electron chi connectivity index (χ1n) is 14.3. The van der Waals surface area contributed by atoms with Crippen LogP contribution in [0.5, 0.6) is 0 Å². The second kappa shape index (κ2) is 9.52. The number of amides is 2. The summed E-state index contributed by atoms with van der Waals surface area (Å²) in [5.74, 6) is -6.11. The number of hydrogen-bond acceptors (Lipinski definition) is 5. The van der Waals surface area contributed by atoms with Crippen molar-refractivity contribution in [3.63, 3.8) is 0 Å². The Labute approximate surface area is 233 Å². The smallest absolute Gasteiger partial charge is 0.407 e. The van der Waals surface area contributed by atoms with Crippen LogP contribution >= 0.6 is 0 Å². The normalized spacial score (nSPS) is 31.3. The molecule has 3 heterocycles. The lowest BCUT2D eigenvalue weighted by Gasteiger charge is -2.65. The van der Waals surface area contributed by atoms with Crippen LogP contribution < -0.4 is 5.32 Å². The summed E-state index contributed by atoms with van der Waals surface area (Å²) in [6.45, 7) is 3.22. The molecule has 41 heavy (non-hydrogen) atoms. The molecule has 224 valence electrons. The highest BCUT2D eigenvalue weighted by Gasteiger charge is 2.74. The number of carbonyl (C=O) groups is 2. The SMILES string of the molecule is CC(C)OC(=O)NC(c1nc2nc([C@H]3CC(F)(F)CCN3C(=O)C34CC(F)(C3)C4)ccc2[nH]1)C1CCC(F)(F)CC1. The number of alkyl halides is 5. The van der Waals surface area contributed by atoms with Crippen molar-refractivity contribution >= 4 is 23.2 Å². The number of aromatic amines is 1. The van der Waals surface area contributed by atoms with Crippen LogP contribution in [0.1, 0.15) is 95.2 Å². The Balaban J connectivity index is 1.28. The van der Waals surface area contributed by atoms with Crippen LogP contribution in [0.4, 0.5) is 26.7 Å². The number of fused-ring (bicyclic) bond motifs is 1. The second-order valence-electron chi connectivity index (χ2n) is 12.8. The van der Waals surface area contributed by atoms with Gasteiger partial charge in [0.15, 0.2) is 5.65 Å². The van der Waals surface area contributed by atoms with E-state index in [1.165, 1.54) is 4.90 Å². The van der Waals surface area contributed by atoms with E-state index in [0.717, 1.165) is 0 Å². The van der Waals surface area contributed by atoms with Crippen LogP contribution in [-0.2, 0) is 9.53 Å². The molecule has 13 heteroatoms. The highest BCUT2D eigenvalue weighted by molar-refractivity contribution is 5.87. The summed E-state index contributed by atoms with van der Waals surface area (Å²) in [6.07, 6.45) is -2.10. The summed E-state index contributed by atoms with van der Waals surface area (Å²) < 4.78 is 76.3. The summed E-state index contributed by atoms with van der Waals surface area (Å²) in [5.41, 5.74) is -1.20. The zero-order valence-corrected chi connectivity index (χ0v) is 23.0. The third-order valence-corrected chi connectivity index (χ3v) is 9.14. The van der Waals surface area contributed by atoms with Gasteiger partial charge < -0.3 is 19.9 Å². The first-order valence-corrected chi connectivity index (χ1v) is 14.3. The lowest BCUT2D eigenvalue weighted by molar-refractivity contribution is -0.227. The average Bonchev–Trinajstić information content (AvgIpc) is 3.27. The number of pyridine rings is 1. The number of alkyl carbamates (subject to hydrolysis) is 1. The van der Waals surface area contributed by atoms with Crippen LogP contribution in [0, 0.1) is 11.3 Å². The molecular formula is C28H34F5N5O3. The summed E-state index contributed by atoms with van der Waals surface area (Å²) in [7, 11) is 0. The largest absolute Gasteiger partial charge is 0.447 e. The van der Waals surface area contributed by atoms with E-state index in [2.05, 4.69) is 20.3 Å². The maximum absolute atomic E-state index is 14.6. The van der Waals surface area contributed by atoms with Gasteiger partial charge in [-0.1, -0.05) is 0 Å². The van der Waals surface area contributed by atoms with Gasteiger partial charge in [0.2, 0.25) is 11.8 Å². The fraction of sp³-hybridized carbons (Fsp3) is 0.714. The highest BCUT2D eigenvalue weighted by atomic mass is 19.3. The number of H-pyrrole nitrogens is 1. The molecule has 4 aliphatic carbocycles. The first kappa shape index (κ1) is 28.1. The Morgan fingerprint density at radius 3 is 2.34 bits per heavy atom. The van der Waals surface area contributed by atoms with Gasteiger partial charge in [-0.3, -0.25) is 4.79 Å². The number of ether oxygens (including phenoxy) is 1. The fourth-order valence-electron chi connectivity index (χ4n) is 7.08. The van der Waals surface area contributed by atoms with Crippen molar-refractivity contribution < 1.29 is 36.3 Å². The minimum atomic E-state index is -3.00. The maximum atomic E-state index is 14.6. The van der Waals surface area contributed by atoms with Gasteiger partial charge in [-0.15, -0.1) is 0 Å². The van der Waals surface area contributed by atoms with Gasteiger partial charge in [0.05, 0.1) is 34.8 Å². The Morgan fingerprint density at radius 2 is 1.71 bits per heavy atom. The molecule has 2 amide bonds. The van der Waals surface area contributed by atoms with E-state index < -0.39 is 60.1 Å². The molecule has 4 saturated carbocycles. The highest BCUT2D eigenvalue weighted by Crippen LogP contribution is 2.70. The van der Waals surface area contributed by atoms with Gasteiger partial charge in [-0.2, -0.15) is 0 Å². The topological polar surface area (TPSA) is 100 Å².